The number of hydrogen-bond acceptors (Lipinski definition) is 2. The Morgan fingerprint density at radius 2 is 2.21 bits per heavy atom. The Bertz CT molecular complexity index is 273. The SMILES string of the molecule is CSCCN[C@@H](C)c1cccc(C)c1. The van der Waals surface area contributed by atoms with Crippen LogP contribution in [0.4, 0.5) is 0 Å². The molecule has 0 unspecified atom stereocenters. The van der Waals surface area contributed by atoms with Crippen LogP contribution in [0.15, 0.2) is 24.3 Å². The first-order chi connectivity index (χ1) is 6.74. The van der Waals surface area contributed by atoms with E-state index in [2.05, 4.69) is 49.7 Å². The minimum Gasteiger partial charge on any atom is -0.309 e. The zero-order valence-corrected chi connectivity index (χ0v) is 10.0. The van der Waals surface area contributed by atoms with Gasteiger partial charge in [-0.15, -0.1) is 0 Å². The molecule has 1 N–H and O–H groups in total. The summed E-state index contributed by atoms with van der Waals surface area (Å²) in [6.45, 7) is 5.43. The lowest BCUT2D eigenvalue weighted by atomic mass is 10.1. The zero-order chi connectivity index (χ0) is 10.4. The van der Waals surface area contributed by atoms with Crippen molar-refractivity contribution in [3.63, 3.8) is 0 Å². The van der Waals surface area contributed by atoms with E-state index in [0.717, 1.165) is 6.54 Å². The van der Waals surface area contributed by atoms with Gasteiger partial charge in [-0.25, -0.2) is 0 Å². The highest BCUT2D eigenvalue weighted by Gasteiger charge is 2.03. The predicted octanol–water partition coefficient (Wildman–Crippen LogP) is 3.01. The maximum Gasteiger partial charge on any atom is 0.0292 e. The van der Waals surface area contributed by atoms with Crippen molar-refractivity contribution in [2.45, 2.75) is 19.9 Å². The Hall–Kier alpha value is -0.470. The molecule has 0 aliphatic carbocycles. The molecule has 2 heteroatoms. The summed E-state index contributed by atoms with van der Waals surface area (Å²) in [5, 5.41) is 3.51. The number of hydrogen-bond donors (Lipinski definition) is 1. The lowest BCUT2D eigenvalue weighted by molar-refractivity contribution is 0.601. The van der Waals surface area contributed by atoms with Crippen molar-refractivity contribution in [3.05, 3.63) is 35.4 Å². The van der Waals surface area contributed by atoms with E-state index in [1.54, 1.807) is 0 Å². The molecule has 0 aliphatic rings. The Balaban J connectivity index is 2.47. The van der Waals surface area contributed by atoms with Gasteiger partial charge < -0.3 is 5.32 Å². The zero-order valence-electron chi connectivity index (χ0n) is 9.21. The molecule has 0 aliphatic heterocycles. The van der Waals surface area contributed by atoms with E-state index in [1.165, 1.54) is 16.9 Å². The van der Waals surface area contributed by atoms with Crippen LogP contribution < -0.4 is 5.32 Å². The summed E-state index contributed by atoms with van der Waals surface area (Å²) in [7, 11) is 0. The predicted molar refractivity (Wildman–Crippen MR) is 66.0 cm³/mol. The molecule has 1 atom stereocenters. The maximum absolute atomic E-state index is 3.51. The molecule has 0 amide bonds. The van der Waals surface area contributed by atoms with Gasteiger partial charge >= 0.3 is 0 Å². The third-order valence-electron chi connectivity index (χ3n) is 2.30. The first kappa shape index (κ1) is 11.6. The second kappa shape index (κ2) is 6.10. The van der Waals surface area contributed by atoms with Crippen molar-refractivity contribution in [2.24, 2.45) is 0 Å². The highest BCUT2D eigenvalue weighted by Crippen LogP contribution is 2.13. The maximum atomic E-state index is 3.51. The van der Waals surface area contributed by atoms with Crippen LogP contribution in [0.3, 0.4) is 0 Å². The van der Waals surface area contributed by atoms with Crippen molar-refractivity contribution in [1.82, 2.24) is 5.32 Å². The Labute approximate surface area is 91.3 Å². The molecule has 0 bridgehead atoms. The second-order valence-corrected chi connectivity index (χ2v) is 4.57. The van der Waals surface area contributed by atoms with Crippen molar-refractivity contribution in [3.8, 4) is 0 Å². The smallest absolute Gasteiger partial charge is 0.0292 e. The second-order valence-electron chi connectivity index (χ2n) is 3.58. The van der Waals surface area contributed by atoms with Gasteiger partial charge in [0.15, 0.2) is 0 Å². The molecule has 78 valence electrons. The van der Waals surface area contributed by atoms with E-state index < -0.39 is 0 Å². The van der Waals surface area contributed by atoms with E-state index in [9.17, 15) is 0 Å². The first-order valence-corrected chi connectivity index (χ1v) is 6.42. The molecule has 0 heterocycles. The number of thioether (sulfide) groups is 1. The number of rotatable bonds is 5. The minimum absolute atomic E-state index is 0.460. The fourth-order valence-electron chi connectivity index (χ4n) is 1.43. The van der Waals surface area contributed by atoms with Crippen LogP contribution in [0.2, 0.25) is 0 Å². The van der Waals surface area contributed by atoms with Crippen LogP contribution in [0.1, 0.15) is 24.1 Å². The van der Waals surface area contributed by atoms with Crippen LogP contribution in [0.5, 0.6) is 0 Å². The quantitative estimate of drug-likeness (QED) is 0.748. The average Bonchev–Trinajstić information content (AvgIpc) is 2.18. The fourth-order valence-corrected chi connectivity index (χ4v) is 1.76. The van der Waals surface area contributed by atoms with Gasteiger partial charge in [-0.05, 0) is 25.7 Å². The molecule has 0 aromatic heterocycles. The van der Waals surface area contributed by atoms with Gasteiger partial charge in [0.05, 0.1) is 0 Å². The van der Waals surface area contributed by atoms with E-state index in [-0.39, 0.29) is 0 Å². The van der Waals surface area contributed by atoms with Gasteiger partial charge in [0.2, 0.25) is 0 Å². The fraction of sp³-hybridized carbons (Fsp3) is 0.500. The molecule has 14 heavy (non-hydrogen) atoms. The summed E-state index contributed by atoms with van der Waals surface area (Å²) >= 11 is 1.88. The highest BCUT2D eigenvalue weighted by molar-refractivity contribution is 7.98. The molecule has 0 radical (unpaired) electrons. The molecular weight excluding hydrogens is 190 g/mol. The molecule has 1 aromatic rings. The standard InChI is InChI=1S/C12H19NS/c1-10-5-4-6-12(9-10)11(2)13-7-8-14-3/h4-6,9,11,13H,7-8H2,1-3H3/t11-/m0/s1. The van der Waals surface area contributed by atoms with Crippen LogP contribution in [0, 0.1) is 6.92 Å². The van der Waals surface area contributed by atoms with Crippen LogP contribution >= 0.6 is 11.8 Å². The normalized spacial score (nSPS) is 12.8. The van der Waals surface area contributed by atoms with Gasteiger partial charge in [-0.2, -0.15) is 11.8 Å². The summed E-state index contributed by atoms with van der Waals surface area (Å²) in [6.07, 6.45) is 2.14. The third-order valence-corrected chi connectivity index (χ3v) is 2.91. The van der Waals surface area contributed by atoms with Crippen molar-refractivity contribution < 1.29 is 0 Å². The third kappa shape index (κ3) is 3.72. The van der Waals surface area contributed by atoms with E-state index in [0.29, 0.717) is 6.04 Å². The van der Waals surface area contributed by atoms with Gasteiger partial charge in [0, 0.05) is 18.3 Å². The molecule has 0 saturated heterocycles. The van der Waals surface area contributed by atoms with Crippen molar-refractivity contribution in [1.29, 1.82) is 0 Å². The summed E-state index contributed by atoms with van der Waals surface area (Å²) in [4.78, 5) is 0. The number of nitrogens with one attached hydrogen (secondary N) is 1. The Morgan fingerprint density at radius 1 is 1.43 bits per heavy atom. The Morgan fingerprint density at radius 3 is 2.86 bits per heavy atom. The molecule has 1 rings (SSSR count). The van der Waals surface area contributed by atoms with Gasteiger partial charge in [-0.1, -0.05) is 29.8 Å². The summed E-state index contributed by atoms with van der Waals surface area (Å²) in [6, 6.07) is 9.15. The van der Waals surface area contributed by atoms with E-state index >= 15 is 0 Å². The molecule has 0 fully saturated rings. The van der Waals surface area contributed by atoms with Gasteiger partial charge in [0.25, 0.3) is 0 Å². The molecular formula is C12H19NS. The minimum atomic E-state index is 0.460. The van der Waals surface area contributed by atoms with E-state index in [1.807, 2.05) is 11.8 Å². The monoisotopic (exact) mass is 209 g/mol. The highest BCUT2D eigenvalue weighted by atomic mass is 32.2. The summed E-state index contributed by atoms with van der Waals surface area (Å²) in [5.41, 5.74) is 2.71. The topological polar surface area (TPSA) is 12.0 Å². The van der Waals surface area contributed by atoms with Crippen molar-refractivity contribution in [2.75, 3.05) is 18.6 Å². The largest absolute Gasteiger partial charge is 0.309 e. The molecule has 1 aromatic carbocycles. The lowest BCUT2D eigenvalue weighted by Gasteiger charge is -2.14. The number of aryl methyl sites for hydroxylation is 1. The van der Waals surface area contributed by atoms with Gasteiger partial charge in [-0.3, -0.25) is 0 Å². The molecule has 0 spiro atoms. The number of benzene rings is 1. The molecule has 0 saturated carbocycles. The van der Waals surface area contributed by atoms with E-state index in [4.69, 9.17) is 0 Å². The van der Waals surface area contributed by atoms with Crippen LogP contribution in [0.25, 0.3) is 0 Å². The van der Waals surface area contributed by atoms with Crippen molar-refractivity contribution >= 4 is 11.8 Å². The lowest BCUT2D eigenvalue weighted by Crippen LogP contribution is -2.21. The van der Waals surface area contributed by atoms with Crippen LogP contribution in [-0.2, 0) is 0 Å². The molecule has 1 nitrogen and oxygen atoms in total. The Kier molecular flexibility index (Phi) is 5.05. The summed E-state index contributed by atoms with van der Waals surface area (Å²) in [5.74, 6) is 1.18. The van der Waals surface area contributed by atoms with Gasteiger partial charge in [0.1, 0.15) is 0 Å². The summed E-state index contributed by atoms with van der Waals surface area (Å²) < 4.78 is 0. The van der Waals surface area contributed by atoms with Crippen LogP contribution in [-0.4, -0.2) is 18.6 Å². The average molecular weight is 209 g/mol. The first-order valence-electron chi connectivity index (χ1n) is 5.03.